The smallest absolute Gasteiger partial charge is 0.199 e. The Hall–Kier alpha value is -2.18. The first kappa shape index (κ1) is 19.6. The van der Waals surface area contributed by atoms with Crippen LogP contribution >= 0.6 is 0 Å². The van der Waals surface area contributed by atoms with Gasteiger partial charge in [0.05, 0.1) is 9.79 Å². The van der Waals surface area contributed by atoms with Crippen molar-refractivity contribution in [3.05, 3.63) is 90.9 Å². The van der Waals surface area contributed by atoms with E-state index >= 15 is 0 Å². The Morgan fingerprint density at radius 1 is 0.815 bits per heavy atom. The van der Waals surface area contributed by atoms with E-state index in [9.17, 15) is 16.8 Å². The molecule has 1 saturated carbocycles. The topological polar surface area (TPSA) is 68.3 Å². The van der Waals surface area contributed by atoms with Gasteiger partial charge in [0.25, 0.3) is 0 Å². The fraction of sp³-hybridized carbons (Fsp3) is 0.190. The fourth-order valence-electron chi connectivity index (χ4n) is 3.49. The molecule has 141 valence electrons. The second-order valence-electron chi connectivity index (χ2n) is 6.76. The molecular weight excluding hydrogens is 380 g/mol. The lowest BCUT2D eigenvalue weighted by atomic mass is 9.97. The number of allylic oxidation sites excluding steroid dienone is 2. The first-order valence-corrected chi connectivity index (χ1v) is 11.4. The van der Waals surface area contributed by atoms with E-state index in [1.807, 2.05) is 0 Å². The van der Waals surface area contributed by atoms with Crippen LogP contribution in [0, 0.1) is 5.92 Å². The highest BCUT2D eigenvalue weighted by Crippen LogP contribution is 2.53. The predicted octanol–water partition coefficient (Wildman–Crippen LogP) is 4.13. The van der Waals surface area contributed by atoms with Crippen molar-refractivity contribution < 1.29 is 16.8 Å². The van der Waals surface area contributed by atoms with E-state index < -0.39 is 23.8 Å². The SMILES string of the molecule is C=C(C)[C]1CC(S(=O)(=O)c2ccccc2)(S(=O)(=O)c2ccccc2)CC1=C. The van der Waals surface area contributed by atoms with Gasteiger partial charge >= 0.3 is 0 Å². The van der Waals surface area contributed by atoms with Crippen molar-refractivity contribution in [3.63, 3.8) is 0 Å². The van der Waals surface area contributed by atoms with Crippen molar-refractivity contribution in [1.82, 2.24) is 0 Å². The van der Waals surface area contributed by atoms with Crippen LogP contribution in [0.5, 0.6) is 0 Å². The lowest BCUT2D eigenvalue weighted by Crippen LogP contribution is -2.44. The van der Waals surface area contributed by atoms with Crippen LogP contribution in [0.15, 0.2) is 94.8 Å². The molecule has 1 aliphatic rings. The highest BCUT2D eigenvalue weighted by molar-refractivity contribution is 8.10. The zero-order valence-electron chi connectivity index (χ0n) is 15.1. The van der Waals surface area contributed by atoms with Gasteiger partial charge in [0.15, 0.2) is 23.8 Å². The fourth-order valence-corrected chi connectivity index (χ4v) is 8.51. The molecule has 0 heterocycles. The molecule has 3 rings (SSSR count). The van der Waals surface area contributed by atoms with Crippen LogP contribution in [-0.2, 0) is 19.7 Å². The summed E-state index contributed by atoms with van der Waals surface area (Å²) in [6.45, 7) is 9.55. The summed E-state index contributed by atoms with van der Waals surface area (Å²) in [5, 5.41) is 0. The van der Waals surface area contributed by atoms with Crippen molar-refractivity contribution in [3.8, 4) is 0 Å². The molecule has 4 nitrogen and oxygen atoms in total. The largest absolute Gasteiger partial charge is 0.222 e. The Morgan fingerprint density at radius 2 is 1.22 bits per heavy atom. The van der Waals surface area contributed by atoms with E-state index in [4.69, 9.17) is 0 Å². The third kappa shape index (κ3) is 2.97. The summed E-state index contributed by atoms with van der Waals surface area (Å²) in [5.74, 6) is 0.606. The van der Waals surface area contributed by atoms with Crippen LogP contribution in [-0.4, -0.2) is 20.9 Å². The number of hydrogen-bond donors (Lipinski definition) is 0. The molecule has 0 spiro atoms. The van der Waals surface area contributed by atoms with Crippen LogP contribution in [0.1, 0.15) is 19.8 Å². The van der Waals surface area contributed by atoms with Gasteiger partial charge in [-0.15, -0.1) is 0 Å². The van der Waals surface area contributed by atoms with Gasteiger partial charge in [0, 0.05) is 12.3 Å². The van der Waals surface area contributed by atoms with Gasteiger partial charge in [-0.25, -0.2) is 16.8 Å². The molecule has 0 amide bonds. The molecular formula is C21H21O4S2. The second-order valence-corrected chi connectivity index (χ2v) is 11.5. The van der Waals surface area contributed by atoms with Gasteiger partial charge in [-0.3, -0.25) is 0 Å². The maximum absolute atomic E-state index is 13.6. The molecule has 0 atom stereocenters. The zero-order valence-corrected chi connectivity index (χ0v) is 16.7. The molecule has 0 aliphatic heterocycles. The third-order valence-electron chi connectivity index (χ3n) is 4.96. The summed E-state index contributed by atoms with van der Waals surface area (Å²) in [7, 11) is -8.43. The van der Waals surface area contributed by atoms with Crippen LogP contribution in [0.2, 0.25) is 0 Å². The summed E-state index contributed by atoms with van der Waals surface area (Å²) < 4.78 is 52.5. The standard InChI is InChI=1S/C21H21O4S2/c1-16(2)20-15-21(14-17(20)3,26(22,23)18-10-6-4-7-11-18)27(24,25)19-12-8-5-9-13-19/h4-13H,1,3,14-15H2,2H3. The Labute approximate surface area is 161 Å². The molecule has 0 unspecified atom stereocenters. The predicted molar refractivity (Wildman–Crippen MR) is 106 cm³/mol. The zero-order chi connectivity index (χ0) is 19.9. The average molecular weight is 402 g/mol. The highest BCUT2D eigenvalue weighted by Gasteiger charge is 2.61. The van der Waals surface area contributed by atoms with Crippen LogP contribution in [0.4, 0.5) is 0 Å². The summed E-state index contributed by atoms with van der Waals surface area (Å²) >= 11 is 0. The Bertz CT molecular complexity index is 1010. The van der Waals surface area contributed by atoms with E-state index in [-0.39, 0.29) is 22.6 Å². The molecule has 6 heteroatoms. The Balaban J connectivity index is 2.30. The molecule has 0 aromatic heterocycles. The lowest BCUT2D eigenvalue weighted by molar-refractivity contribution is 0.542. The van der Waals surface area contributed by atoms with Gasteiger partial charge in [-0.05, 0) is 37.6 Å². The number of rotatable bonds is 5. The molecule has 2 aromatic carbocycles. The molecule has 1 radical (unpaired) electrons. The first-order valence-electron chi connectivity index (χ1n) is 8.43. The minimum absolute atomic E-state index is 0.0136. The molecule has 1 aliphatic carbocycles. The molecule has 27 heavy (non-hydrogen) atoms. The maximum atomic E-state index is 13.6. The molecule has 1 fully saturated rings. The molecule has 0 saturated heterocycles. The third-order valence-corrected chi connectivity index (χ3v) is 10.6. The maximum Gasteiger partial charge on any atom is 0.199 e. The number of benzene rings is 2. The normalized spacial score (nSPS) is 17.7. The van der Waals surface area contributed by atoms with E-state index in [0.29, 0.717) is 17.1 Å². The van der Waals surface area contributed by atoms with E-state index in [1.54, 1.807) is 43.3 Å². The first-order chi connectivity index (χ1) is 12.6. The highest BCUT2D eigenvalue weighted by atomic mass is 32.3. The summed E-state index contributed by atoms with van der Waals surface area (Å²) in [5.41, 5.74) is 1.13. The lowest BCUT2D eigenvalue weighted by Gasteiger charge is -2.29. The molecule has 0 bridgehead atoms. The van der Waals surface area contributed by atoms with E-state index in [0.717, 1.165) is 0 Å². The Morgan fingerprint density at radius 3 is 1.56 bits per heavy atom. The summed E-state index contributed by atoms with van der Waals surface area (Å²) in [6, 6.07) is 15.4. The van der Waals surface area contributed by atoms with E-state index in [1.165, 1.54) is 24.3 Å². The van der Waals surface area contributed by atoms with Gasteiger partial charge in [0.1, 0.15) is 0 Å². The van der Waals surface area contributed by atoms with Crippen molar-refractivity contribution >= 4 is 19.7 Å². The van der Waals surface area contributed by atoms with Gasteiger partial charge < -0.3 is 0 Å². The van der Waals surface area contributed by atoms with Crippen LogP contribution < -0.4 is 0 Å². The minimum atomic E-state index is -4.22. The number of hydrogen-bond acceptors (Lipinski definition) is 4. The van der Waals surface area contributed by atoms with Crippen LogP contribution in [0.3, 0.4) is 0 Å². The summed E-state index contributed by atoms with van der Waals surface area (Å²) in [6.07, 6.45) is -0.334. The van der Waals surface area contributed by atoms with E-state index in [2.05, 4.69) is 13.2 Å². The molecule has 0 N–H and O–H groups in total. The van der Waals surface area contributed by atoms with Gasteiger partial charge in [-0.2, -0.15) is 0 Å². The van der Waals surface area contributed by atoms with Gasteiger partial charge in [-0.1, -0.05) is 60.7 Å². The second kappa shape index (κ2) is 6.77. The number of sulfone groups is 2. The van der Waals surface area contributed by atoms with Crippen molar-refractivity contribution in [1.29, 1.82) is 0 Å². The minimum Gasteiger partial charge on any atom is -0.222 e. The van der Waals surface area contributed by atoms with Crippen LogP contribution in [0.25, 0.3) is 0 Å². The van der Waals surface area contributed by atoms with Crippen molar-refractivity contribution in [2.45, 2.75) is 33.6 Å². The molecule has 2 aromatic rings. The monoisotopic (exact) mass is 401 g/mol. The Kier molecular flexibility index (Phi) is 4.91. The van der Waals surface area contributed by atoms with Crippen molar-refractivity contribution in [2.75, 3.05) is 0 Å². The van der Waals surface area contributed by atoms with Gasteiger partial charge in [0.2, 0.25) is 0 Å². The average Bonchev–Trinajstić information content (AvgIpc) is 3.03. The summed E-state index contributed by atoms with van der Waals surface area (Å²) in [4.78, 5) is -0.0273. The van der Waals surface area contributed by atoms with Crippen molar-refractivity contribution in [2.24, 2.45) is 0 Å². The quantitative estimate of drug-likeness (QED) is 0.755.